The first-order chi connectivity index (χ1) is 18.3. The van der Waals surface area contributed by atoms with E-state index in [0.717, 1.165) is 43.2 Å². The first kappa shape index (κ1) is 26.2. The Morgan fingerprint density at radius 1 is 1.18 bits per heavy atom. The molecule has 3 aromatic rings. The predicted molar refractivity (Wildman–Crippen MR) is 148 cm³/mol. The number of nitrogens with zero attached hydrogens (tertiary/aromatic N) is 3. The van der Waals surface area contributed by atoms with Crippen LogP contribution >= 0.6 is 11.6 Å². The fourth-order valence-corrected chi connectivity index (χ4v) is 6.09. The minimum atomic E-state index is -0.568. The van der Waals surface area contributed by atoms with Crippen LogP contribution in [0.25, 0.3) is 0 Å². The third kappa shape index (κ3) is 5.01. The van der Waals surface area contributed by atoms with E-state index in [1.54, 1.807) is 0 Å². The van der Waals surface area contributed by atoms with E-state index in [2.05, 4.69) is 41.5 Å². The summed E-state index contributed by atoms with van der Waals surface area (Å²) in [5, 5.41) is 12.7. The maximum atomic E-state index is 14.1. The molecule has 38 heavy (non-hydrogen) atoms. The number of carbonyl (C=O) groups is 2. The molecule has 1 aromatic heterocycles. The van der Waals surface area contributed by atoms with Gasteiger partial charge < -0.3 is 10.2 Å². The first-order valence-electron chi connectivity index (χ1n) is 13.5. The number of H-pyrrole nitrogens is 2. The SMILES string of the molecule is CC[C@H](c1ccc(C(=O)NCc2n[nH][nH]2)cc1)N1C(=O)C(c2cccc(Cl)c2)=NC12CCC(C(C)C)CC2. The number of aromatic nitrogens is 3. The number of aromatic amines is 2. The molecule has 1 atom stereocenters. The molecular formula is C29H35ClN6O2. The summed E-state index contributed by atoms with van der Waals surface area (Å²) in [4.78, 5) is 33.9. The van der Waals surface area contributed by atoms with Gasteiger partial charge in [0, 0.05) is 16.1 Å². The zero-order valence-electron chi connectivity index (χ0n) is 22.1. The molecule has 9 heteroatoms. The molecule has 8 nitrogen and oxygen atoms in total. The van der Waals surface area contributed by atoms with Crippen LogP contribution in [0.4, 0.5) is 0 Å². The number of carbonyl (C=O) groups excluding carboxylic acids is 2. The highest BCUT2D eigenvalue weighted by molar-refractivity contribution is 6.47. The summed E-state index contributed by atoms with van der Waals surface area (Å²) in [7, 11) is 0. The number of aliphatic imine (C=N–C) groups is 1. The van der Waals surface area contributed by atoms with Crippen molar-refractivity contribution in [1.29, 1.82) is 0 Å². The molecule has 0 radical (unpaired) electrons. The molecular weight excluding hydrogens is 500 g/mol. The van der Waals surface area contributed by atoms with Crippen LogP contribution in [0.15, 0.2) is 53.5 Å². The topological polar surface area (TPSA) is 106 Å². The number of nitrogens with one attached hydrogen (secondary N) is 3. The van der Waals surface area contributed by atoms with Crippen molar-refractivity contribution < 1.29 is 9.59 Å². The van der Waals surface area contributed by atoms with Gasteiger partial charge in [0.1, 0.15) is 11.4 Å². The van der Waals surface area contributed by atoms with Crippen LogP contribution in [0.5, 0.6) is 0 Å². The quantitative estimate of drug-likeness (QED) is 0.348. The summed E-state index contributed by atoms with van der Waals surface area (Å²) in [6.45, 7) is 6.99. The Morgan fingerprint density at radius 3 is 2.47 bits per heavy atom. The molecule has 1 spiro atoms. The van der Waals surface area contributed by atoms with Gasteiger partial charge in [-0.05, 0) is 73.8 Å². The Morgan fingerprint density at radius 2 is 1.89 bits per heavy atom. The molecule has 1 aliphatic carbocycles. The maximum absolute atomic E-state index is 14.1. The second-order valence-electron chi connectivity index (χ2n) is 10.7. The Labute approximate surface area is 228 Å². The van der Waals surface area contributed by atoms with Crippen LogP contribution < -0.4 is 5.32 Å². The molecule has 2 heterocycles. The molecule has 5 rings (SSSR count). The summed E-state index contributed by atoms with van der Waals surface area (Å²) < 4.78 is 0. The second-order valence-corrected chi connectivity index (χ2v) is 11.2. The molecule has 2 amide bonds. The zero-order chi connectivity index (χ0) is 26.9. The first-order valence-corrected chi connectivity index (χ1v) is 13.8. The van der Waals surface area contributed by atoms with Crippen molar-refractivity contribution in [2.45, 2.75) is 71.1 Å². The average molecular weight is 535 g/mol. The number of rotatable bonds is 8. The molecule has 1 fully saturated rings. The van der Waals surface area contributed by atoms with E-state index in [1.165, 1.54) is 0 Å². The van der Waals surface area contributed by atoms with Crippen LogP contribution in [0.1, 0.15) is 86.2 Å². The Bertz CT molecular complexity index is 1310. The molecule has 2 aliphatic rings. The Balaban J connectivity index is 1.43. The highest BCUT2D eigenvalue weighted by Gasteiger charge is 2.51. The third-order valence-electron chi connectivity index (χ3n) is 8.13. The van der Waals surface area contributed by atoms with Crippen LogP contribution in [0, 0.1) is 11.8 Å². The molecule has 0 bridgehead atoms. The van der Waals surface area contributed by atoms with Gasteiger partial charge in [-0.3, -0.25) is 19.7 Å². The lowest BCUT2D eigenvalue weighted by Crippen LogP contribution is -2.51. The Kier molecular flexibility index (Phi) is 7.43. The van der Waals surface area contributed by atoms with E-state index >= 15 is 0 Å². The normalized spacial score (nSPS) is 22.2. The lowest BCUT2D eigenvalue weighted by Gasteiger charge is -2.46. The van der Waals surface area contributed by atoms with E-state index in [1.807, 2.05) is 53.4 Å². The van der Waals surface area contributed by atoms with Gasteiger partial charge in [0.2, 0.25) is 0 Å². The molecule has 0 unspecified atom stereocenters. The molecule has 3 N–H and O–H groups in total. The summed E-state index contributed by atoms with van der Waals surface area (Å²) in [6.07, 6.45) is 4.51. The molecule has 200 valence electrons. The molecule has 0 saturated heterocycles. The number of hydrogen-bond donors (Lipinski definition) is 3. The second kappa shape index (κ2) is 10.8. The lowest BCUT2D eigenvalue weighted by atomic mass is 9.76. The maximum Gasteiger partial charge on any atom is 0.275 e. The van der Waals surface area contributed by atoms with Gasteiger partial charge in [0.05, 0.1) is 12.6 Å². The van der Waals surface area contributed by atoms with Gasteiger partial charge >= 0.3 is 0 Å². The number of halogens is 1. The van der Waals surface area contributed by atoms with Gasteiger partial charge in [0.25, 0.3) is 11.8 Å². The third-order valence-corrected chi connectivity index (χ3v) is 8.36. The smallest absolute Gasteiger partial charge is 0.275 e. The molecule has 1 saturated carbocycles. The number of hydrogen-bond acceptors (Lipinski definition) is 4. The van der Waals surface area contributed by atoms with Gasteiger partial charge in [0.15, 0.2) is 5.82 Å². The van der Waals surface area contributed by atoms with Gasteiger partial charge in [-0.1, -0.05) is 56.6 Å². The van der Waals surface area contributed by atoms with Crippen molar-refractivity contribution in [1.82, 2.24) is 25.6 Å². The van der Waals surface area contributed by atoms with E-state index in [4.69, 9.17) is 16.6 Å². The molecule has 1 aliphatic heterocycles. The van der Waals surface area contributed by atoms with Crippen molar-refractivity contribution in [3.05, 3.63) is 76.1 Å². The number of amides is 2. The average Bonchev–Trinajstić information content (AvgIpc) is 3.16. The zero-order valence-corrected chi connectivity index (χ0v) is 22.9. The number of benzene rings is 2. The van der Waals surface area contributed by atoms with Crippen LogP contribution in [0.2, 0.25) is 5.02 Å². The summed E-state index contributed by atoms with van der Waals surface area (Å²) in [5.74, 6) is 1.71. The monoisotopic (exact) mass is 534 g/mol. The van der Waals surface area contributed by atoms with Crippen molar-refractivity contribution in [3.63, 3.8) is 0 Å². The van der Waals surface area contributed by atoms with Crippen molar-refractivity contribution in [3.8, 4) is 0 Å². The summed E-state index contributed by atoms with van der Waals surface area (Å²) >= 11 is 6.29. The van der Waals surface area contributed by atoms with E-state index < -0.39 is 5.66 Å². The van der Waals surface area contributed by atoms with Gasteiger partial charge in [-0.2, -0.15) is 0 Å². The van der Waals surface area contributed by atoms with Gasteiger partial charge in [-0.15, -0.1) is 5.10 Å². The fraction of sp³-hybridized carbons (Fsp3) is 0.448. The highest BCUT2D eigenvalue weighted by Crippen LogP contribution is 2.47. The summed E-state index contributed by atoms with van der Waals surface area (Å²) in [6, 6.07) is 14.8. The Hall–Kier alpha value is -3.39. The van der Waals surface area contributed by atoms with Crippen molar-refractivity contribution in [2.75, 3.05) is 0 Å². The molecule has 2 aromatic carbocycles. The van der Waals surface area contributed by atoms with Gasteiger partial charge in [-0.25, -0.2) is 5.21 Å². The van der Waals surface area contributed by atoms with Crippen LogP contribution in [0.3, 0.4) is 0 Å². The van der Waals surface area contributed by atoms with E-state index in [0.29, 0.717) is 40.5 Å². The van der Waals surface area contributed by atoms with Crippen molar-refractivity contribution in [2.24, 2.45) is 16.8 Å². The highest BCUT2D eigenvalue weighted by atomic mass is 35.5. The largest absolute Gasteiger partial charge is 0.345 e. The lowest BCUT2D eigenvalue weighted by molar-refractivity contribution is -0.133. The predicted octanol–water partition coefficient (Wildman–Crippen LogP) is 5.65. The van der Waals surface area contributed by atoms with Crippen molar-refractivity contribution >= 4 is 29.1 Å². The van der Waals surface area contributed by atoms with E-state index in [9.17, 15) is 9.59 Å². The van der Waals surface area contributed by atoms with Crippen LogP contribution in [-0.4, -0.2) is 43.5 Å². The fourth-order valence-electron chi connectivity index (χ4n) is 5.90. The van der Waals surface area contributed by atoms with Crippen LogP contribution in [-0.2, 0) is 11.3 Å². The summed E-state index contributed by atoms with van der Waals surface area (Å²) in [5.41, 5.74) is 2.25. The minimum Gasteiger partial charge on any atom is -0.345 e. The van der Waals surface area contributed by atoms with E-state index in [-0.39, 0.29) is 17.9 Å². The minimum absolute atomic E-state index is 0.0497. The standard InChI is InChI=1S/C29H35ClN6O2/c1-4-24(20-8-10-21(11-9-20)27(37)31-17-25-33-35-34-25)36-28(38)26(22-6-5-7-23(30)16-22)32-29(36)14-12-19(13-15-29)18(2)3/h5-11,16,18-19,24,35H,4,12-15,17H2,1-3H3,(H,31,37)(H,33,34)/t19?,24-,29?/m1/s1.